The van der Waals surface area contributed by atoms with Crippen LogP contribution in [0.1, 0.15) is 11.4 Å². The lowest BCUT2D eigenvalue weighted by atomic mass is 10.2. The maximum absolute atomic E-state index is 5.63. The van der Waals surface area contributed by atoms with Crippen molar-refractivity contribution in [3.63, 3.8) is 0 Å². The molecule has 2 rings (SSSR count). The van der Waals surface area contributed by atoms with Gasteiger partial charge in [-0.05, 0) is 23.2 Å². The maximum atomic E-state index is 5.63. The fraction of sp³-hybridized carbons (Fsp3) is 0. The summed E-state index contributed by atoms with van der Waals surface area (Å²) in [5.74, 6) is 0.554. The molecule has 0 saturated heterocycles. The highest BCUT2D eigenvalue weighted by Gasteiger charge is 1.92. The molecule has 1 aromatic carbocycles. The number of nitrogens with zero attached hydrogens (tertiary/aromatic N) is 3. The molecule has 0 fully saturated rings. The highest BCUT2D eigenvalue weighted by Crippen LogP contribution is 2.05. The summed E-state index contributed by atoms with van der Waals surface area (Å²) in [6.45, 7) is 0. The molecule has 3 nitrogen and oxygen atoms in total. The van der Waals surface area contributed by atoms with Gasteiger partial charge in [-0.2, -0.15) is 4.98 Å². The molecule has 15 heavy (non-hydrogen) atoms. The first-order valence-corrected chi connectivity index (χ1v) is 4.80. The van der Waals surface area contributed by atoms with Gasteiger partial charge in [-0.15, -0.1) is 0 Å². The van der Waals surface area contributed by atoms with Crippen molar-refractivity contribution >= 4 is 23.8 Å². The van der Waals surface area contributed by atoms with E-state index in [0.717, 1.165) is 5.56 Å². The smallest absolute Gasteiger partial charge is 0.217 e. The van der Waals surface area contributed by atoms with E-state index in [2.05, 4.69) is 15.0 Å². The Kier molecular flexibility index (Phi) is 3.05. The molecule has 0 bridgehead atoms. The van der Waals surface area contributed by atoms with Gasteiger partial charge >= 0.3 is 0 Å². The van der Waals surface area contributed by atoms with Crippen LogP contribution in [-0.2, 0) is 0 Å². The van der Waals surface area contributed by atoms with Crippen LogP contribution in [0.5, 0.6) is 0 Å². The highest BCUT2D eigenvalue weighted by atomic mass is 35.5. The number of aromatic nitrogens is 3. The first-order valence-electron chi connectivity index (χ1n) is 4.42. The zero-order valence-corrected chi connectivity index (χ0v) is 8.59. The summed E-state index contributed by atoms with van der Waals surface area (Å²) in [6.07, 6.45) is 5.11. The van der Waals surface area contributed by atoms with Gasteiger partial charge in [0.2, 0.25) is 5.28 Å². The molecule has 2 aromatic rings. The van der Waals surface area contributed by atoms with Crippen molar-refractivity contribution in [1.82, 2.24) is 15.0 Å². The van der Waals surface area contributed by atoms with Crippen LogP contribution in [-0.4, -0.2) is 15.0 Å². The molecular weight excluding hydrogens is 210 g/mol. The molecule has 0 spiro atoms. The molecule has 0 saturated carbocycles. The van der Waals surface area contributed by atoms with E-state index in [0.29, 0.717) is 5.82 Å². The Hall–Kier alpha value is -1.74. The summed E-state index contributed by atoms with van der Waals surface area (Å²) in [5, 5.41) is 0.206. The van der Waals surface area contributed by atoms with Gasteiger partial charge < -0.3 is 0 Å². The van der Waals surface area contributed by atoms with Crippen LogP contribution in [0.4, 0.5) is 0 Å². The lowest BCUT2D eigenvalue weighted by Gasteiger charge is -1.92. The van der Waals surface area contributed by atoms with Gasteiger partial charge in [-0.1, -0.05) is 36.4 Å². The first kappa shape index (κ1) is 9.80. The third kappa shape index (κ3) is 2.86. The monoisotopic (exact) mass is 217 g/mol. The normalized spacial score (nSPS) is 10.7. The fourth-order valence-electron chi connectivity index (χ4n) is 1.10. The van der Waals surface area contributed by atoms with Crippen molar-refractivity contribution in [2.45, 2.75) is 0 Å². The minimum absolute atomic E-state index is 0.206. The van der Waals surface area contributed by atoms with Crippen molar-refractivity contribution in [1.29, 1.82) is 0 Å². The number of hydrogen-bond acceptors (Lipinski definition) is 3. The maximum Gasteiger partial charge on any atom is 0.225 e. The molecule has 0 radical (unpaired) electrons. The number of hydrogen-bond donors (Lipinski definition) is 0. The van der Waals surface area contributed by atoms with E-state index in [-0.39, 0.29) is 5.28 Å². The molecule has 4 heteroatoms. The summed E-state index contributed by atoms with van der Waals surface area (Å²) < 4.78 is 0. The number of rotatable bonds is 2. The van der Waals surface area contributed by atoms with Crippen LogP contribution < -0.4 is 0 Å². The Labute approximate surface area is 92.5 Å². The molecular formula is C11H8ClN3. The van der Waals surface area contributed by atoms with Gasteiger partial charge in [0.1, 0.15) is 6.33 Å². The SMILES string of the molecule is Clc1ncnc(C=Cc2ccccc2)n1. The van der Waals surface area contributed by atoms with Crippen LogP contribution in [0.3, 0.4) is 0 Å². The topological polar surface area (TPSA) is 38.7 Å². The summed E-state index contributed by atoms with van der Waals surface area (Å²) in [7, 11) is 0. The minimum atomic E-state index is 0.206. The van der Waals surface area contributed by atoms with Crippen molar-refractivity contribution in [3.8, 4) is 0 Å². The standard InChI is InChI=1S/C11H8ClN3/c12-11-14-8-13-10(15-11)7-6-9-4-2-1-3-5-9/h1-8H. The third-order valence-corrected chi connectivity index (χ3v) is 1.97. The van der Waals surface area contributed by atoms with Crippen LogP contribution in [0.25, 0.3) is 12.2 Å². The number of benzene rings is 1. The molecule has 0 aliphatic rings. The van der Waals surface area contributed by atoms with Crippen LogP contribution in [0.15, 0.2) is 36.7 Å². The summed E-state index contributed by atoms with van der Waals surface area (Å²) >= 11 is 5.63. The first-order chi connectivity index (χ1) is 7.34. The Bertz CT molecular complexity index is 468. The Morgan fingerprint density at radius 3 is 2.53 bits per heavy atom. The van der Waals surface area contributed by atoms with Gasteiger partial charge in [-0.25, -0.2) is 9.97 Å². The van der Waals surface area contributed by atoms with Crippen molar-refractivity contribution < 1.29 is 0 Å². The van der Waals surface area contributed by atoms with Gasteiger partial charge in [0.05, 0.1) is 0 Å². The molecule has 0 unspecified atom stereocenters. The number of halogens is 1. The van der Waals surface area contributed by atoms with Crippen LogP contribution in [0.2, 0.25) is 5.28 Å². The predicted octanol–water partition coefficient (Wildman–Crippen LogP) is 2.70. The van der Waals surface area contributed by atoms with E-state index in [1.54, 1.807) is 6.08 Å². The fourth-order valence-corrected chi connectivity index (χ4v) is 1.23. The van der Waals surface area contributed by atoms with Gasteiger partial charge in [-0.3, -0.25) is 0 Å². The minimum Gasteiger partial charge on any atom is -0.217 e. The lowest BCUT2D eigenvalue weighted by molar-refractivity contribution is 1.03. The summed E-state index contributed by atoms with van der Waals surface area (Å²) in [5.41, 5.74) is 1.09. The second-order valence-electron chi connectivity index (χ2n) is 2.86. The third-order valence-electron chi connectivity index (χ3n) is 1.79. The van der Waals surface area contributed by atoms with Crippen molar-refractivity contribution in [3.05, 3.63) is 53.3 Å². The van der Waals surface area contributed by atoms with E-state index in [9.17, 15) is 0 Å². The van der Waals surface area contributed by atoms with E-state index in [4.69, 9.17) is 11.6 Å². The second-order valence-corrected chi connectivity index (χ2v) is 3.19. The molecule has 0 amide bonds. The van der Waals surface area contributed by atoms with E-state index >= 15 is 0 Å². The lowest BCUT2D eigenvalue weighted by Crippen LogP contribution is -1.89. The highest BCUT2D eigenvalue weighted by molar-refractivity contribution is 6.28. The van der Waals surface area contributed by atoms with Gasteiger partial charge in [0.25, 0.3) is 0 Å². The summed E-state index contributed by atoms with van der Waals surface area (Å²) in [4.78, 5) is 11.6. The molecule has 1 aromatic heterocycles. The van der Waals surface area contributed by atoms with Crippen LogP contribution >= 0.6 is 11.6 Å². The summed E-state index contributed by atoms with van der Waals surface area (Å²) in [6, 6.07) is 9.91. The van der Waals surface area contributed by atoms with E-state index in [1.165, 1.54) is 6.33 Å². The van der Waals surface area contributed by atoms with Crippen molar-refractivity contribution in [2.75, 3.05) is 0 Å². The van der Waals surface area contributed by atoms with E-state index in [1.807, 2.05) is 36.4 Å². The predicted molar refractivity (Wildman–Crippen MR) is 60.2 cm³/mol. The van der Waals surface area contributed by atoms with E-state index < -0.39 is 0 Å². The largest absolute Gasteiger partial charge is 0.225 e. The molecule has 0 atom stereocenters. The molecule has 0 aliphatic carbocycles. The Balaban J connectivity index is 2.19. The van der Waals surface area contributed by atoms with Crippen LogP contribution in [0, 0.1) is 0 Å². The van der Waals surface area contributed by atoms with Gasteiger partial charge in [0, 0.05) is 0 Å². The van der Waals surface area contributed by atoms with Gasteiger partial charge in [0.15, 0.2) is 5.82 Å². The molecule has 74 valence electrons. The second kappa shape index (κ2) is 4.66. The molecule has 1 heterocycles. The average Bonchev–Trinajstić information content (AvgIpc) is 2.28. The molecule has 0 aliphatic heterocycles. The Morgan fingerprint density at radius 1 is 1.00 bits per heavy atom. The zero-order valence-electron chi connectivity index (χ0n) is 7.84. The van der Waals surface area contributed by atoms with Crippen molar-refractivity contribution in [2.24, 2.45) is 0 Å². The quantitative estimate of drug-likeness (QED) is 0.777. The Morgan fingerprint density at radius 2 is 1.80 bits per heavy atom. The molecule has 0 N–H and O–H groups in total. The zero-order chi connectivity index (χ0) is 10.5. The average molecular weight is 218 g/mol.